The van der Waals surface area contributed by atoms with Crippen molar-refractivity contribution in [1.29, 1.82) is 0 Å². The van der Waals surface area contributed by atoms with Crippen LogP contribution in [0.5, 0.6) is 0 Å². The number of nitrogens with two attached hydrogens (primary N) is 2. The molecule has 4 N–H and O–H groups in total. The van der Waals surface area contributed by atoms with Crippen molar-refractivity contribution < 1.29 is 4.74 Å². The number of rotatable bonds is 3. The zero-order valence-corrected chi connectivity index (χ0v) is 12.6. The summed E-state index contributed by atoms with van der Waals surface area (Å²) in [7, 11) is 4.04. The van der Waals surface area contributed by atoms with Crippen molar-refractivity contribution in [2.45, 2.75) is 6.92 Å². The quantitative estimate of drug-likeness (QED) is 0.895. The van der Waals surface area contributed by atoms with Crippen LogP contribution in [0.1, 0.15) is 12.5 Å². The largest absolute Gasteiger partial charge is 0.462 e. The second kappa shape index (κ2) is 6.22. The molecular formula is C17H21N3O. The molecule has 1 aromatic rings. The zero-order valence-electron chi connectivity index (χ0n) is 12.6. The highest BCUT2D eigenvalue weighted by Gasteiger charge is 2.07. The highest BCUT2D eigenvalue weighted by molar-refractivity contribution is 5.58. The fourth-order valence-corrected chi connectivity index (χ4v) is 1.97. The number of ether oxygens (including phenoxy) is 1. The van der Waals surface area contributed by atoms with Crippen LogP contribution in [0.3, 0.4) is 0 Å². The molecule has 0 unspecified atom stereocenters. The molecule has 1 aliphatic heterocycles. The van der Waals surface area contributed by atoms with Gasteiger partial charge in [-0.25, -0.2) is 0 Å². The summed E-state index contributed by atoms with van der Waals surface area (Å²) in [5.74, 6) is 1.78. The molecule has 0 spiro atoms. The number of anilines is 1. The van der Waals surface area contributed by atoms with Gasteiger partial charge in [0.25, 0.3) is 0 Å². The van der Waals surface area contributed by atoms with Gasteiger partial charge in [-0.2, -0.15) is 0 Å². The van der Waals surface area contributed by atoms with Gasteiger partial charge in [0.15, 0.2) is 0 Å². The molecule has 1 aromatic carbocycles. The predicted molar refractivity (Wildman–Crippen MR) is 88.1 cm³/mol. The van der Waals surface area contributed by atoms with Crippen molar-refractivity contribution in [1.82, 2.24) is 0 Å². The Kier molecular flexibility index (Phi) is 4.38. The lowest BCUT2D eigenvalue weighted by atomic mass is 10.1. The monoisotopic (exact) mass is 283 g/mol. The van der Waals surface area contributed by atoms with Crippen molar-refractivity contribution >= 4 is 11.8 Å². The molecule has 0 fully saturated rings. The molecule has 1 aliphatic rings. The summed E-state index contributed by atoms with van der Waals surface area (Å²) in [5.41, 5.74) is 14.3. The smallest absolute Gasteiger partial charge is 0.127 e. The Morgan fingerprint density at radius 3 is 2.29 bits per heavy atom. The SMILES string of the molecule is CC1=CC(=C(N)N)C=C(C=Cc2ccc(N(C)C)cc2)O1. The molecule has 4 nitrogen and oxygen atoms in total. The van der Waals surface area contributed by atoms with Gasteiger partial charge in [-0.15, -0.1) is 0 Å². The maximum Gasteiger partial charge on any atom is 0.127 e. The van der Waals surface area contributed by atoms with E-state index in [1.807, 2.05) is 45.3 Å². The Morgan fingerprint density at radius 2 is 1.71 bits per heavy atom. The maximum atomic E-state index is 5.63. The topological polar surface area (TPSA) is 64.5 Å². The number of hydrogen-bond acceptors (Lipinski definition) is 4. The van der Waals surface area contributed by atoms with Crippen LogP contribution in [0, 0.1) is 0 Å². The van der Waals surface area contributed by atoms with E-state index >= 15 is 0 Å². The Morgan fingerprint density at radius 1 is 1.05 bits per heavy atom. The third kappa shape index (κ3) is 3.92. The van der Waals surface area contributed by atoms with Crippen LogP contribution in [0.15, 0.2) is 65.4 Å². The van der Waals surface area contributed by atoms with E-state index < -0.39 is 0 Å². The number of allylic oxidation sites excluding steroid dienone is 5. The summed E-state index contributed by atoms with van der Waals surface area (Å²) in [4.78, 5) is 2.07. The van der Waals surface area contributed by atoms with Gasteiger partial charge in [0, 0.05) is 25.4 Å². The first-order chi connectivity index (χ1) is 9.95. The number of hydrogen-bond donors (Lipinski definition) is 2. The van der Waals surface area contributed by atoms with E-state index in [0.717, 1.165) is 22.7 Å². The molecule has 0 atom stereocenters. The van der Waals surface area contributed by atoms with Crippen molar-refractivity contribution in [2.24, 2.45) is 11.5 Å². The van der Waals surface area contributed by atoms with Crippen LogP contribution in [-0.4, -0.2) is 14.1 Å². The zero-order chi connectivity index (χ0) is 15.4. The van der Waals surface area contributed by atoms with Crippen molar-refractivity contribution in [3.05, 3.63) is 71.0 Å². The molecule has 2 rings (SSSR count). The normalized spacial score (nSPS) is 14.5. The lowest BCUT2D eigenvalue weighted by Crippen LogP contribution is -2.12. The van der Waals surface area contributed by atoms with Crippen LogP contribution >= 0.6 is 0 Å². The fraction of sp³-hybridized carbons (Fsp3) is 0.176. The van der Waals surface area contributed by atoms with E-state index in [0.29, 0.717) is 5.82 Å². The van der Waals surface area contributed by atoms with Crippen LogP contribution < -0.4 is 16.4 Å². The van der Waals surface area contributed by atoms with E-state index in [-0.39, 0.29) is 0 Å². The summed E-state index contributed by atoms with van der Waals surface area (Å²) in [6, 6.07) is 8.27. The first-order valence-corrected chi connectivity index (χ1v) is 6.74. The van der Waals surface area contributed by atoms with E-state index in [2.05, 4.69) is 29.2 Å². The molecule has 0 aromatic heterocycles. The van der Waals surface area contributed by atoms with Gasteiger partial charge in [0.05, 0.1) is 0 Å². The molecule has 0 bridgehead atoms. The molecule has 0 aliphatic carbocycles. The molecule has 4 heteroatoms. The molecular weight excluding hydrogens is 262 g/mol. The fourth-order valence-electron chi connectivity index (χ4n) is 1.97. The average molecular weight is 283 g/mol. The average Bonchev–Trinajstić information content (AvgIpc) is 2.45. The molecule has 21 heavy (non-hydrogen) atoms. The van der Waals surface area contributed by atoms with Crippen molar-refractivity contribution in [3.63, 3.8) is 0 Å². The lowest BCUT2D eigenvalue weighted by molar-refractivity contribution is 0.318. The first-order valence-electron chi connectivity index (χ1n) is 6.74. The van der Waals surface area contributed by atoms with E-state index in [1.54, 1.807) is 0 Å². The number of nitrogens with zero attached hydrogens (tertiary/aromatic N) is 1. The molecule has 1 heterocycles. The Balaban J connectivity index is 2.16. The Hall–Kier alpha value is -2.62. The standard InChI is InChI=1S/C17H21N3O/c1-12-10-14(17(18)19)11-16(21-12)9-6-13-4-7-15(8-5-13)20(2)3/h4-11H,18-19H2,1-3H3. The van der Waals surface area contributed by atoms with Crippen LogP contribution in [0.4, 0.5) is 5.69 Å². The van der Waals surface area contributed by atoms with Gasteiger partial charge in [0.2, 0.25) is 0 Å². The van der Waals surface area contributed by atoms with Gasteiger partial charge in [-0.05, 0) is 42.8 Å². The third-order valence-corrected chi connectivity index (χ3v) is 3.12. The summed E-state index contributed by atoms with van der Waals surface area (Å²) in [6.07, 6.45) is 7.55. The van der Waals surface area contributed by atoms with E-state index in [9.17, 15) is 0 Å². The molecule has 110 valence electrons. The van der Waals surface area contributed by atoms with Gasteiger partial charge >= 0.3 is 0 Å². The maximum absolute atomic E-state index is 5.63. The van der Waals surface area contributed by atoms with Crippen LogP contribution in [0.25, 0.3) is 6.08 Å². The van der Waals surface area contributed by atoms with Crippen LogP contribution in [0.2, 0.25) is 0 Å². The van der Waals surface area contributed by atoms with Gasteiger partial charge in [-0.3, -0.25) is 0 Å². The van der Waals surface area contributed by atoms with Crippen molar-refractivity contribution in [3.8, 4) is 0 Å². The van der Waals surface area contributed by atoms with Crippen LogP contribution in [-0.2, 0) is 4.74 Å². The first kappa shape index (κ1) is 14.8. The van der Waals surface area contributed by atoms with E-state index in [1.165, 1.54) is 5.69 Å². The molecule has 0 saturated heterocycles. The Bertz CT molecular complexity index is 631. The number of benzene rings is 1. The van der Waals surface area contributed by atoms with Crippen molar-refractivity contribution in [2.75, 3.05) is 19.0 Å². The molecule has 0 amide bonds. The van der Waals surface area contributed by atoms with Gasteiger partial charge in [-0.1, -0.05) is 18.2 Å². The summed E-state index contributed by atoms with van der Waals surface area (Å²) >= 11 is 0. The highest BCUT2D eigenvalue weighted by atomic mass is 16.5. The molecule has 0 saturated carbocycles. The van der Waals surface area contributed by atoms with E-state index in [4.69, 9.17) is 16.2 Å². The highest BCUT2D eigenvalue weighted by Crippen LogP contribution is 2.21. The summed E-state index contributed by atoms with van der Waals surface area (Å²) < 4.78 is 5.63. The van der Waals surface area contributed by atoms with Gasteiger partial charge in [0.1, 0.15) is 17.3 Å². The lowest BCUT2D eigenvalue weighted by Gasteiger charge is -2.14. The summed E-state index contributed by atoms with van der Waals surface area (Å²) in [5, 5.41) is 0. The summed E-state index contributed by atoms with van der Waals surface area (Å²) in [6.45, 7) is 1.87. The predicted octanol–water partition coefficient (Wildman–Crippen LogP) is 2.71. The minimum atomic E-state index is 0.291. The minimum Gasteiger partial charge on any atom is -0.462 e. The minimum absolute atomic E-state index is 0.291. The second-order valence-electron chi connectivity index (χ2n) is 5.13. The molecule has 0 radical (unpaired) electrons. The third-order valence-electron chi connectivity index (χ3n) is 3.12. The Labute approximate surface area is 125 Å². The second-order valence-corrected chi connectivity index (χ2v) is 5.13. The van der Waals surface area contributed by atoms with Gasteiger partial charge < -0.3 is 21.1 Å².